The van der Waals surface area contributed by atoms with Gasteiger partial charge in [-0.1, -0.05) is 67.6 Å². The summed E-state index contributed by atoms with van der Waals surface area (Å²) in [6, 6.07) is 31.0. The number of rotatable bonds is 6. The molecule has 24 heavy (non-hydrogen) atoms. The summed E-state index contributed by atoms with van der Waals surface area (Å²) in [7, 11) is 0. The van der Waals surface area contributed by atoms with Crippen LogP contribution in [0, 0.1) is 13.0 Å². The predicted molar refractivity (Wildman–Crippen MR) is 95.9 cm³/mol. The minimum atomic E-state index is 0. The topological polar surface area (TPSA) is 3.24 Å². The fraction of sp³-hybridized carbons (Fsp3) is 0.182. The summed E-state index contributed by atoms with van der Waals surface area (Å²) >= 11 is 0. The van der Waals surface area contributed by atoms with Gasteiger partial charge in [0.15, 0.2) is 0 Å². The average molecular weight is 307 g/mol. The fourth-order valence-corrected chi connectivity index (χ4v) is 2.83. The molecule has 0 aliphatic heterocycles. The van der Waals surface area contributed by atoms with Gasteiger partial charge >= 0.3 is 18.9 Å². The molecular weight excluding hydrogens is 285 g/mol. The van der Waals surface area contributed by atoms with Gasteiger partial charge in [-0.25, -0.2) is 0 Å². The molecule has 0 fully saturated rings. The molecule has 0 atom stereocenters. The summed E-state index contributed by atoms with van der Waals surface area (Å²) < 4.78 is 0. The average Bonchev–Trinajstić information content (AvgIpc) is 2.57. The number of nitrogens with zero attached hydrogens (tertiary/aromatic N) is 1. The predicted octanol–water partition coefficient (Wildman–Crippen LogP) is 2.00. The van der Waals surface area contributed by atoms with E-state index in [1.54, 1.807) is 0 Å². The zero-order valence-corrected chi connectivity index (χ0v) is 14.6. The number of hydrogen-bond acceptors (Lipinski definition) is 1. The molecule has 0 aromatic heterocycles. The molecule has 0 N–H and O–H groups in total. The second-order valence-corrected chi connectivity index (χ2v) is 6.01. The standard InChI is InChI=1S/C22H22N.Li/c1-19-9-8-14-22(15-19)18-23(16-20-10-4-2-5-11-20)17-21-12-6-3-7-13-21;/h2-13,15H,16-18H2,1H3;/q-1;+1. The van der Waals surface area contributed by atoms with E-state index >= 15 is 0 Å². The van der Waals surface area contributed by atoms with E-state index in [4.69, 9.17) is 0 Å². The van der Waals surface area contributed by atoms with Crippen molar-refractivity contribution in [1.29, 1.82) is 0 Å². The van der Waals surface area contributed by atoms with Gasteiger partial charge in [0.25, 0.3) is 0 Å². The molecule has 1 nitrogen and oxygen atoms in total. The molecule has 0 unspecified atom stereocenters. The van der Waals surface area contributed by atoms with Crippen LogP contribution in [-0.4, -0.2) is 4.90 Å². The molecule has 0 amide bonds. The molecule has 0 aliphatic carbocycles. The fourth-order valence-electron chi connectivity index (χ4n) is 2.83. The van der Waals surface area contributed by atoms with Crippen LogP contribution in [0.3, 0.4) is 0 Å². The van der Waals surface area contributed by atoms with Gasteiger partial charge in [-0.3, -0.25) is 4.90 Å². The number of hydrogen-bond donors (Lipinski definition) is 0. The van der Waals surface area contributed by atoms with Crippen molar-refractivity contribution in [1.82, 2.24) is 4.90 Å². The maximum atomic E-state index is 3.37. The van der Waals surface area contributed by atoms with Crippen molar-refractivity contribution in [2.75, 3.05) is 0 Å². The Morgan fingerprint density at radius 3 is 1.79 bits per heavy atom. The molecule has 116 valence electrons. The van der Waals surface area contributed by atoms with Gasteiger partial charge in [0.2, 0.25) is 0 Å². The third kappa shape index (κ3) is 5.69. The minimum Gasteiger partial charge on any atom is -0.293 e. The molecule has 0 saturated heterocycles. The van der Waals surface area contributed by atoms with Crippen LogP contribution in [0.15, 0.2) is 78.9 Å². The summed E-state index contributed by atoms with van der Waals surface area (Å²) in [5.74, 6) is 0. The van der Waals surface area contributed by atoms with Crippen LogP contribution < -0.4 is 18.9 Å². The van der Waals surface area contributed by atoms with Crippen molar-refractivity contribution in [3.05, 3.63) is 107 Å². The van der Waals surface area contributed by atoms with E-state index in [0.717, 1.165) is 19.6 Å². The molecule has 3 aromatic rings. The second-order valence-electron chi connectivity index (χ2n) is 6.01. The molecule has 0 spiro atoms. The van der Waals surface area contributed by atoms with Crippen LogP contribution in [0.1, 0.15) is 22.3 Å². The van der Waals surface area contributed by atoms with Gasteiger partial charge in [-0.2, -0.15) is 29.8 Å². The monoisotopic (exact) mass is 307 g/mol. The maximum absolute atomic E-state index is 3.37. The first-order valence-electron chi connectivity index (χ1n) is 8.07. The molecule has 0 saturated carbocycles. The first-order chi connectivity index (χ1) is 11.3. The number of benzene rings is 3. The van der Waals surface area contributed by atoms with E-state index in [1.165, 1.54) is 22.3 Å². The molecular formula is C22H22LiN. The molecule has 0 bridgehead atoms. The van der Waals surface area contributed by atoms with Gasteiger partial charge in [-0.15, -0.1) is 5.56 Å². The van der Waals surface area contributed by atoms with Gasteiger partial charge in [0.05, 0.1) is 0 Å². The van der Waals surface area contributed by atoms with Gasteiger partial charge in [0.1, 0.15) is 0 Å². The smallest absolute Gasteiger partial charge is 0.293 e. The Bertz CT molecular complexity index is 684. The Hall–Kier alpha value is -1.78. The summed E-state index contributed by atoms with van der Waals surface area (Å²) in [4.78, 5) is 2.47. The largest absolute Gasteiger partial charge is 1.00 e. The maximum Gasteiger partial charge on any atom is 1.00 e. The van der Waals surface area contributed by atoms with E-state index in [0.29, 0.717) is 0 Å². The van der Waals surface area contributed by atoms with Gasteiger partial charge < -0.3 is 0 Å². The Balaban J connectivity index is 0.00000208. The van der Waals surface area contributed by atoms with Crippen molar-refractivity contribution >= 4 is 0 Å². The molecule has 3 aromatic carbocycles. The van der Waals surface area contributed by atoms with Crippen molar-refractivity contribution in [2.45, 2.75) is 26.6 Å². The van der Waals surface area contributed by atoms with E-state index in [1.807, 2.05) is 6.07 Å². The van der Waals surface area contributed by atoms with Crippen LogP contribution in [0.4, 0.5) is 0 Å². The second kappa shape index (κ2) is 9.50. The third-order valence-electron chi connectivity index (χ3n) is 3.91. The summed E-state index contributed by atoms with van der Waals surface area (Å²) in [6.07, 6.45) is 0. The van der Waals surface area contributed by atoms with E-state index in [2.05, 4.69) is 90.7 Å². The van der Waals surface area contributed by atoms with Crippen LogP contribution >= 0.6 is 0 Å². The molecule has 0 heterocycles. The van der Waals surface area contributed by atoms with Crippen LogP contribution in [0.5, 0.6) is 0 Å². The Labute approximate surface area is 157 Å². The molecule has 3 rings (SSSR count). The molecule has 0 aliphatic rings. The quantitative estimate of drug-likeness (QED) is 0.497. The summed E-state index contributed by atoms with van der Waals surface area (Å²) in [5, 5.41) is 0. The minimum absolute atomic E-state index is 0. The van der Waals surface area contributed by atoms with Crippen molar-refractivity contribution in [2.24, 2.45) is 0 Å². The zero-order chi connectivity index (χ0) is 15.9. The Morgan fingerprint density at radius 1 is 0.750 bits per heavy atom. The van der Waals surface area contributed by atoms with E-state index < -0.39 is 0 Å². The SMILES string of the molecule is Cc1cc[c-]c(CN(Cc2ccccc2)Cc2ccccc2)c1.[Li+]. The van der Waals surface area contributed by atoms with Crippen LogP contribution in [0.2, 0.25) is 0 Å². The van der Waals surface area contributed by atoms with E-state index in [9.17, 15) is 0 Å². The number of aryl methyl sites for hydroxylation is 1. The van der Waals surface area contributed by atoms with Gasteiger partial charge in [-0.05, 0) is 11.1 Å². The van der Waals surface area contributed by atoms with Gasteiger partial charge in [0, 0.05) is 19.6 Å². The summed E-state index contributed by atoms with van der Waals surface area (Å²) in [5.41, 5.74) is 5.22. The Kier molecular flexibility index (Phi) is 7.34. The van der Waals surface area contributed by atoms with E-state index in [-0.39, 0.29) is 18.9 Å². The first-order valence-corrected chi connectivity index (χ1v) is 8.07. The van der Waals surface area contributed by atoms with Crippen molar-refractivity contribution in [3.8, 4) is 0 Å². The zero-order valence-electron chi connectivity index (χ0n) is 14.6. The molecule has 2 heteroatoms. The third-order valence-corrected chi connectivity index (χ3v) is 3.91. The Morgan fingerprint density at radius 2 is 1.29 bits per heavy atom. The van der Waals surface area contributed by atoms with Crippen molar-refractivity contribution in [3.63, 3.8) is 0 Å². The van der Waals surface area contributed by atoms with Crippen LogP contribution in [0.25, 0.3) is 0 Å². The first kappa shape index (κ1) is 18.6. The normalized spacial score (nSPS) is 10.4. The van der Waals surface area contributed by atoms with Crippen molar-refractivity contribution < 1.29 is 18.9 Å². The summed E-state index contributed by atoms with van der Waals surface area (Å²) in [6.45, 7) is 4.93. The molecule has 0 radical (unpaired) electrons. The van der Waals surface area contributed by atoms with Crippen LogP contribution in [-0.2, 0) is 19.6 Å².